The number of hydrogen-bond acceptors (Lipinski definition) is 6. The van der Waals surface area contributed by atoms with Crippen molar-refractivity contribution in [1.82, 2.24) is 24.9 Å². The van der Waals surface area contributed by atoms with Crippen LogP contribution in [0.4, 0.5) is 23.2 Å². The average Bonchev–Trinajstić information content (AvgIpc) is 3.12. The molecule has 0 radical (unpaired) electrons. The van der Waals surface area contributed by atoms with Crippen molar-refractivity contribution in [2.45, 2.75) is 52.1 Å². The van der Waals surface area contributed by atoms with Gasteiger partial charge in [0.15, 0.2) is 6.17 Å². The first kappa shape index (κ1) is 25.4. The van der Waals surface area contributed by atoms with Crippen molar-refractivity contribution in [3.8, 4) is 11.5 Å². The van der Waals surface area contributed by atoms with Crippen molar-refractivity contribution in [2.75, 3.05) is 20.1 Å². The molecule has 0 spiro atoms. The predicted molar refractivity (Wildman–Crippen MR) is 129 cm³/mol. The predicted octanol–water partition coefficient (Wildman–Crippen LogP) is 4.66. The van der Waals surface area contributed by atoms with E-state index in [1.807, 2.05) is 25.8 Å². The lowest BCUT2D eigenvalue weighted by Gasteiger charge is -2.26. The Morgan fingerprint density at radius 3 is 2.76 bits per heavy atom. The number of rotatable bonds is 6. The van der Waals surface area contributed by atoms with Gasteiger partial charge in [-0.1, -0.05) is 25.1 Å². The highest BCUT2D eigenvalue weighted by Crippen LogP contribution is 2.51. The molecule has 0 unspecified atom stereocenters. The Hall–Kier alpha value is -3.28. The Labute approximate surface area is 210 Å². The van der Waals surface area contributed by atoms with Crippen LogP contribution in [-0.4, -0.2) is 63.7 Å². The van der Waals surface area contributed by atoms with E-state index < -0.39 is 18.9 Å². The van der Waals surface area contributed by atoms with Gasteiger partial charge >= 0.3 is 6.18 Å². The monoisotopic (exact) mass is 520 g/mol. The lowest BCUT2D eigenvalue weighted by molar-refractivity contribution is -0.139. The average molecular weight is 521 g/mol. The maximum absolute atomic E-state index is 14.6. The van der Waals surface area contributed by atoms with Gasteiger partial charge in [0.1, 0.15) is 6.54 Å². The van der Waals surface area contributed by atoms with Crippen LogP contribution in [0.5, 0.6) is 0 Å². The molecule has 2 fully saturated rings. The van der Waals surface area contributed by atoms with Crippen LogP contribution in [0, 0.1) is 11.3 Å². The standard InChI is InChI=1S/C25H28F4N6O2/c1-24(2)10-15(24)23(36)30-11-21-32-22(33-37-21)20-9-14-17(31-18-7-8-34(3)12-16(18)26)5-4-6-19(14)35(20)13-25(27,28)29/h4-6,9,15-16H,7-8,10-13H2,1-3H3,(H,30,36)/b31-18+/t15-,16-/m0/s1. The summed E-state index contributed by atoms with van der Waals surface area (Å²) < 4.78 is 61.5. The summed E-state index contributed by atoms with van der Waals surface area (Å²) in [4.78, 5) is 22.9. The third-order valence-corrected chi connectivity index (χ3v) is 7.05. The van der Waals surface area contributed by atoms with E-state index in [1.54, 1.807) is 18.2 Å². The molecule has 2 aromatic heterocycles. The summed E-state index contributed by atoms with van der Waals surface area (Å²) in [6.45, 7) is 3.57. The van der Waals surface area contributed by atoms with Gasteiger partial charge in [0, 0.05) is 30.8 Å². The van der Waals surface area contributed by atoms with Crippen molar-refractivity contribution < 1.29 is 26.9 Å². The quantitative estimate of drug-likeness (QED) is 0.478. The SMILES string of the molecule is CN1CC/C(=N\c2cccc3c2cc(-c2noc(CNC(=O)[C@@H]4CC4(C)C)n2)n3CC(F)(F)F)[C@@H](F)C1. The Balaban J connectivity index is 1.47. The molecule has 3 aromatic rings. The number of piperidine rings is 1. The Morgan fingerprint density at radius 2 is 2.08 bits per heavy atom. The van der Waals surface area contributed by atoms with Gasteiger partial charge in [0.05, 0.1) is 29.2 Å². The molecule has 1 saturated carbocycles. The van der Waals surface area contributed by atoms with Crippen molar-refractivity contribution in [2.24, 2.45) is 16.3 Å². The molecule has 1 aliphatic carbocycles. The van der Waals surface area contributed by atoms with E-state index in [4.69, 9.17) is 4.52 Å². The van der Waals surface area contributed by atoms with Crippen molar-refractivity contribution >= 4 is 28.2 Å². The van der Waals surface area contributed by atoms with Crippen LogP contribution in [0.15, 0.2) is 33.8 Å². The molecule has 1 N–H and O–H groups in total. The fourth-order valence-corrected chi connectivity index (χ4v) is 4.75. The van der Waals surface area contributed by atoms with Crippen LogP contribution in [0.25, 0.3) is 22.4 Å². The first-order valence-electron chi connectivity index (χ1n) is 12.1. The van der Waals surface area contributed by atoms with E-state index in [2.05, 4.69) is 20.4 Å². The Kier molecular flexibility index (Phi) is 6.33. The number of aliphatic imine (C=N–C) groups is 1. The lowest BCUT2D eigenvalue weighted by Crippen LogP contribution is -2.39. The van der Waals surface area contributed by atoms with Gasteiger partial charge in [-0.2, -0.15) is 18.2 Å². The van der Waals surface area contributed by atoms with E-state index in [9.17, 15) is 22.4 Å². The number of carbonyl (C=O) groups is 1. The Morgan fingerprint density at radius 1 is 1.32 bits per heavy atom. The molecule has 1 saturated heterocycles. The van der Waals surface area contributed by atoms with Crippen molar-refractivity contribution in [1.29, 1.82) is 0 Å². The number of likely N-dealkylation sites (tertiary alicyclic amines) is 1. The van der Waals surface area contributed by atoms with Crippen LogP contribution >= 0.6 is 0 Å². The van der Waals surface area contributed by atoms with E-state index in [-0.39, 0.29) is 53.3 Å². The van der Waals surface area contributed by atoms with E-state index >= 15 is 0 Å². The van der Waals surface area contributed by atoms with Crippen LogP contribution in [0.3, 0.4) is 0 Å². The molecular weight excluding hydrogens is 492 g/mol. The van der Waals surface area contributed by atoms with Gasteiger partial charge in [0.2, 0.25) is 17.6 Å². The molecule has 37 heavy (non-hydrogen) atoms. The molecule has 1 aromatic carbocycles. The molecule has 5 rings (SSSR count). The summed E-state index contributed by atoms with van der Waals surface area (Å²) in [6.07, 6.45) is -4.54. The second kappa shape index (κ2) is 9.23. The summed E-state index contributed by atoms with van der Waals surface area (Å²) in [5.74, 6) is -0.173. The fourth-order valence-electron chi connectivity index (χ4n) is 4.75. The summed E-state index contributed by atoms with van der Waals surface area (Å²) in [5, 5.41) is 7.05. The highest BCUT2D eigenvalue weighted by atomic mass is 19.4. The lowest BCUT2D eigenvalue weighted by atomic mass is 10.1. The Bertz CT molecular complexity index is 1360. The van der Waals surface area contributed by atoms with Gasteiger partial charge in [-0.05, 0) is 37.1 Å². The topological polar surface area (TPSA) is 88.6 Å². The molecule has 2 aliphatic rings. The zero-order valence-corrected chi connectivity index (χ0v) is 20.8. The number of alkyl halides is 4. The molecule has 12 heteroatoms. The largest absolute Gasteiger partial charge is 0.406 e. The van der Waals surface area contributed by atoms with Gasteiger partial charge in [-0.25, -0.2) is 4.39 Å². The van der Waals surface area contributed by atoms with Crippen LogP contribution in [0.1, 0.15) is 32.6 Å². The number of hydrogen-bond donors (Lipinski definition) is 1. The number of nitrogens with one attached hydrogen (secondary N) is 1. The number of amides is 1. The molecular formula is C25H28F4N6O2. The number of nitrogens with zero attached hydrogens (tertiary/aromatic N) is 5. The van der Waals surface area contributed by atoms with E-state index in [0.717, 1.165) is 11.0 Å². The summed E-state index contributed by atoms with van der Waals surface area (Å²) in [7, 11) is 1.82. The van der Waals surface area contributed by atoms with Crippen LogP contribution in [-0.2, 0) is 17.9 Å². The first-order chi connectivity index (χ1) is 17.4. The number of benzene rings is 1. The molecule has 3 heterocycles. The number of halogens is 4. The van der Waals surface area contributed by atoms with Crippen LogP contribution < -0.4 is 5.32 Å². The highest BCUT2D eigenvalue weighted by Gasteiger charge is 2.50. The third-order valence-electron chi connectivity index (χ3n) is 7.05. The van der Waals surface area contributed by atoms with Gasteiger partial charge in [-0.15, -0.1) is 0 Å². The summed E-state index contributed by atoms with van der Waals surface area (Å²) in [6, 6.07) is 6.31. The molecule has 1 amide bonds. The fraction of sp³-hybridized carbons (Fsp3) is 0.520. The minimum absolute atomic E-state index is 0.0247. The molecule has 198 valence electrons. The maximum Gasteiger partial charge on any atom is 0.406 e. The van der Waals surface area contributed by atoms with Gasteiger partial charge in [-0.3, -0.25) is 9.79 Å². The molecule has 8 nitrogen and oxygen atoms in total. The maximum atomic E-state index is 14.6. The zero-order chi connectivity index (χ0) is 26.5. The number of carbonyl (C=O) groups excluding carboxylic acids is 1. The number of aromatic nitrogens is 3. The molecule has 0 bridgehead atoms. The van der Waals surface area contributed by atoms with Gasteiger partial charge < -0.3 is 19.3 Å². The molecule has 2 atom stereocenters. The second-order valence-electron chi connectivity index (χ2n) is 10.5. The van der Waals surface area contributed by atoms with Crippen molar-refractivity contribution in [3.63, 3.8) is 0 Å². The van der Waals surface area contributed by atoms with Crippen LogP contribution in [0.2, 0.25) is 0 Å². The molecule has 1 aliphatic heterocycles. The minimum atomic E-state index is -4.52. The smallest absolute Gasteiger partial charge is 0.347 e. The van der Waals surface area contributed by atoms with Crippen molar-refractivity contribution in [3.05, 3.63) is 30.2 Å². The second-order valence-corrected chi connectivity index (χ2v) is 10.5. The summed E-state index contributed by atoms with van der Waals surface area (Å²) in [5.41, 5.74) is 1.06. The first-order valence-corrected chi connectivity index (χ1v) is 12.1. The summed E-state index contributed by atoms with van der Waals surface area (Å²) >= 11 is 0. The highest BCUT2D eigenvalue weighted by molar-refractivity contribution is 5.99. The van der Waals surface area contributed by atoms with E-state index in [0.29, 0.717) is 29.8 Å². The van der Waals surface area contributed by atoms with Gasteiger partial charge in [0.25, 0.3) is 0 Å². The third kappa shape index (κ3) is 5.39. The minimum Gasteiger partial charge on any atom is -0.347 e. The number of fused-ring (bicyclic) bond motifs is 1. The normalized spacial score (nSPS) is 23.1. The van der Waals surface area contributed by atoms with E-state index in [1.165, 1.54) is 6.07 Å². The zero-order valence-electron chi connectivity index (χ0n) is 20.8.